The van der Waals surface area contributed by atoms with Gasteiger partial charge in [-0.25, -0.2) is 4.79 Å². The molecule has 24 heavy (non-hydrogen) atoms. The first-order valence-corrected chi connectivity index (χ1v) is 8.50. The van der Waals surface area contributed by atoms with Gasteiger partial charge in [0.2, 0.25) is 0 Å². The van der Waals surface area contributed by atoms with Gasteiger partial charge in [-0.05, 0) is 32.0 Å². The van der Waals surface area contributed by atoms with E-state index in [9.17, 15) is 14.9 Å². The number of carbonyl (C=O) groups is 1. The van der Waals surface area contributed by atoms with E-state index in [0.717, 1.165) is 38.2 Å². The van der Waals surface area contributed by atoms with E-state index in [1.54, 1.807) is 12.1 Å². The van der Waals surface area contributed by atoms with Crippen LogP contribution in [-0.2, 0) is 0 Å². The molecule has 1 saturated heterocycles. The first-order valence-electron chi connectivity index (χ1n) is 8.50. The van der Waals surface area contributed by atoms with Crippen molar-refractivity contribution >= 4 is 11.7 Å². The van der Waals surface area contributed by atoms with Gasteiger partial charge in [-0.15, -0.1) is 0 Å². The minimum atomic E-state index is -0.423. The molecule has 0 aromatic heterocycles. The van der Waals surface area contributed by atoms with Crippen LogP contribution in [0.1, 0.15) is 38.8 Å². The fourth-order valence-electron chi connectivity index (χ4n) is 3.23. The molecule has 0 unspecified atom stereocenters. The molecule has 132 valence electrons. The summed E-state index contributed by atoms with van der Waals surface area (Å²) in [5.74, 6) is 0. The Balaban J connectivity index is 1.95. The van der Waals surface area contributed by atoms with E-state index in [1.165, 1.54) is 12.1 Å². The number of hydrogen-bond donors (Lipinski definition) is 1. The van der Waals surface area contributed by atoms with Crippen molar-refractivity contribution in [3.63, 3.8) is 0 Å². The summed E-state index contributed by atoms with van der Waals surface area (Å²) < 4.78 is 0. The molecular weight excluding hydrogens is 308 g/mol. The predicted octanol–water partition coefficient (Wildman–Crippen LogP) is 2.78. The molecule has 1 aliphatic heterocycles. The highest BCUT2D eigenvalue weighted by molar-refractivity contribution is 5.75. The van der Waals surface area contributed by atoms with Crippen molar-refractivity contribution in [2.75, 3.05) is 26.2 Å². The maximum atomic E-state index is 12.5. The fraction of sp³-hybridized carbons (Fsp3) is 0.588. The Hall–Kier alpha value is -2.15. The third-order valence-corrected chi connectivity index (χ3v) is 4.70. The van der Waals surface area contributed by atoms with Crippen LogP contribution >= 0.6 is 0 Å². The van der Waals surface area contributed by atoms with Crippen LogP contribution in [0.5, 0.6) is 0 Å². The van der Waals surface area contributed by atoms with Crippen molar-refractivity contribution < 1.29 is 9.72 Å². The van der Waals surface area contributed by atoms with Gasteiger partial charge in [-0.3, -0.25) is 15.0 Å². The van der Waals surface area contributed by atoms with Crippen molar-refractivity contribution in [3.05, 3.63) is 39.9 Å². The lowest BCUT2D eigenvalue weighted by Crippen LogP contribution is -2.42. The third kappa shape index (κ3) is 4.23. The monoisotopic (exact) mass is 334 g/mol. The SMILES string of the molecule is CCN(CC)[C@H]1CCN(C(=O)N[C@H](C)c2cccc([N+](=O)[O-])c2)C1. The van der Waals surface area contributed by atoms with Crippen LogP contribution in [0.3, 0.4) is 0 Å². The van der Waals surface area contributed by atoms with Crippen molar-refractivity contribution in [1.29, 1.82) is 0 Å². The maximum absolute atomic E-state index is 12.5. The lowest BCUT2D eigenvalue weighted by molar-refractivity contribution is -0.384. The van der Waals surface area contributed by atoms with Gasteiger partial charge in [-0.2, -0.15) is 0 Å². The van der Waals surface area contributed by atoms with Crippen LogP contribution < -0.4 is 5.32 Å². The minimum Gasteiger partial charge on any atom is -0.331 e. The standard InChI is InChI=1S/C17H26N4O3/c1-4-19(5-2)16-9-10-20(12-16)17(22)18-13(3)14-7-6-8-15(11-14)21(23)24/h6-8,11,13,16H,4-5,9-10,12H2,1-3H3,(H,18,22)/t13-,16+/m1/s1. The third-order valence-electron chi connectivity index (χ3n) is 4.70. The zero-order chi connectivity index (χ0) is 17.7. The highest BCUT2D eigenvalue weighted by Gasteiger charge is 2.29. The Kier molecular flexibility index (Phi) is 6.14. The van der Waals surface area contributed by atoms with Gasteiger partial charge in [0, 0.05) is 31.3 Å². The van der Waals surface area contributed by atoms with Gasteiger partial charge in [0.1, 0.15) is 0 Å². The van der Waals surface area contributed by atoms with Gasteiger partial charge in [-0.1, -0.05) is 26.0 Å². The van der Waals surface area contributed by atoms with E-state index in [-0.39, 0.29) is 17.8 Å². The van der Waals surface area contributed by atoms with E-state index in [2.05, 4.69) is 24.1 Å². The number of nitrogens with one attached hydrogen (secondary N) is 1. The minimum absolute atomic E-state index is 0.0383. The number of likely N-dealkylation sites (tertiary alicyclic amines) is 1. The number of carbonyl (C=O) groups excluding carboxylic acids is 1. The molecular formula is C17H26N4O3. The molecule has 1 aromatic rings. The van der Waals surface area contributed by atoms with Crippen LogP contribution in [-0.4, -0.2) is 53.0 Å². The normalized spacial score (nSPS) is 18.7. The number of rotatable bonds is 6. The smallest absolute Gasteiger partial charge is 0.317 e. The van der Waals surface area contributed by atoms with E-state index in [1.807, 2.05) is 11.8 Å². The lowest BCUT2D eigenvalue weighted by Gasteiger charge is -2.26. The number of amides is 2. The van der Waals surface area contributed by atoms with Crippen LogP contribution in [0.2, 0.25) is 0 Å². The molecule has 0 radical (unpaired) electrons. The average molecular weight is 334 g/mol. The molecule has 7 heteroatoms. The van der Waals surface area contributed by atoms with Gasteiger partial charge >= 0.3 is 6.03 Å². The van der Waals surface area contributed by atoms with Crippen LogP contribution in [0.4, 0.5) is 10.5 Å². The average Bonchev–Trinajstić information content (AvgIpc) is 3.06. The van der Waals surface area contributed by atoms with Crippen LogP contribution in [0.15, 0.2) is 24.3 Å². The largest absolute Gasteiger partial charge is 0.331 e. The summed E-state index contributed by atoms with van der Waals surface area (Å²) in [7, 11) is 0. The first-order chi connectivity index (χ1) is 11.5. The summed E-state index contributed by atoms with van der Waals surface area (Å²) in [6.07, 6.45) is 0.986. The lowest BCUT2D eigenvalue weighted by atomic mass is 10.1. The molecule has 2 amide bonds. The molecule has 1 aliphatic rings. The predicted molar refractivity (Wildman–Crippen MR) is 92.9 cm³/mol. The Morgan fingerprint density at radius 3 is 2.79 bits per heavy atom. The number of hydrogen-bond acceptors (Lipinski definition) is 4. The molecule has 2 atom stereocenters. The summed E-state index contributed by atoms with van der Waals surface area (Å²) in [6, 6.07) is 6.43. The van der Waals surface area contributed by atoms with Crippen LogP contribution in [0.25, 0.3) is 0 Å². The van der Waals surface area contributed by atoms with Crippen molar-refractivity contribution in [2.24, 2.45) is 0 Å². The molecule has 1 aromatic carbocycles. The quantitative estimate of drug-likeness (QED) is 0.641. The Labute approximate surface area is 142 Å². The maximum Gasteiger partial charge on any atom is 0.317 e. The molecule has 7 nitrogen and oxygen atoms in total. The van der Waals surface area contributed by atoms with Gasteiger partial charge < -0.3 is 10.2 Å². The van der Waals surface area contributed by atoms with Gasteiger partial charge in [0.25, 0.3) is 5.69 Å². The number of benzene rings is 1. The topological polar surface area (TPSA) is 78.7 Å². The van der Waals surface area contributed by atoms with Crippen molar-refractivity contribution in [2.45, 2.75) is 39.3 Å². The molecule has 0 spiro atoms. The second-order valence-corrected chi connectivity index (χ2v) is 6.13. The summed E-state index contributed by atoms with van der Waals surface area (Å²) in [4.78, 5) is 27.1. The first kappa shape index (κ1) is 18.2. The highest BCUT2D eigenvalue weighted by Crippen LogP contribution is 2.20. The summed E-state index contributed by atoms with van der Waals surface area (Å²) in [5.41, 5.74) is 0.772. The fourth-order valence-corrected chi connectivity index (χ4v) is 3.23. The number of likely N-dealkylation sites (N-methyl/N-ethyl adjacent to an activating group) is 1. The zero-order valence-corrected chi connectivity index (χ0v) is 14.6. The number of nitrogens with zero attached hydrogens (tertiary/aromatic N) is 3. The number of nitro benzene ring substituents is 1. The van der Waals surface area contributed by atoms with Gasteiger partial charge in [0.15, 0.2) is 0 Å². The Morgan fingerprint density at radius 2 is 2.17 bits per heavy atom. The number of non-ortho nitro benzene ring substituents is 1. The molecule has 0 bridgehead atoms. The van der Waals surface area contributed by atoms with E-state index in [4.69, 9.17) is 0 Å². The van der Waals surface area contributed by atoms with E-state index in [0.29, 0.717) is 6.04 Å². The van der Waals surface area contributed by atoms with Crippen molar-refractivity contribution in [3.8, 4) is 0 Å². The Bertz CT molecular complexity index is 589. The Morgan fingerprint density at radius 1 is 1.46 bits per heavy atom. The molecule has 0 saturated carbocycles. The molecule has 1 heterocycles. The number of nitro groups is 1. The molecule has 1 fully saturated rings. The van der Waals surface area contributed by atoms with Crippen molar-refractivity contribution in [1.82, 2.24) is 15.1 Å². The van der Waals surface area contributed by atoms with Gasteiger partial charge in [0.05, 0.1) is 11.0 Å². The summed E-state index contributed by atoms with van der Waals surface area (Å²) in [5, 5.41) is 13.8. The van der Waals surface area contributed by atoms with E-state index >= 15 is 0 Å². The zero-order valence-electron chi connectivity index (χ0n) is 14.6. The summed E-state index contributed by atoms with van der Waals surface area (Å²) >= 11 is 0. The second-order valence-electron chi connectivity index (χ2n) is 6.13. The summed E-state index contributed by atoms with van der Waals surface area (Å²) in [6.45, 7) is 9.56. The van der Waals surface area contributed by atoms with Crippen LogP contribution in [0, 0.1) is 10.1 Å². The second kappa shape index (κ2) is 8.10. The molecule has 1 N–H and O–H groups in total. The molecule has 0 aliphatic carbocycles. The highest BCUT2D eigenvalue weighted by atomic mass is 16.6. The molecule has 2 rings (SSSR count). The number of urea groups is 1. The van der Waals surface area contributed by atoms with E-state index < -0.39 is 4.92 Å².